The molecule has 1 aromatic heterocycles. The fourth-order valence-electron chi connectivity index (χ4n) is 2.63. The Morgan fingerprint density at radius 1 is 1.00 bits per heavy atom. The van der Waals surface area contributed by atoms with Crippen LogP contribution in [0.4, 0.5) is 5.69 Å². The van der Waals surface area contributed by atoms with Crippen molar-refractivity contribution in [2.45, 2.75) is 0 Å². The van der Waals surface area contributed by atoms with E-state index in [1.165, 1.54) is 0 Å². The van der Waals surface area contributed by atoms with Crippen LogP contribution in [-0.2, 0) is 0 Å². The van der Waals surface area contributed by atoms with Gasteiger partial charge in [0.25, 0.3) is 0 Å². The molecule has 0 radical (unpaired) electrons. The van der Waals surface area contributed by atoms with Gasteiger partial charge in [0.2, 0.25) is 5.89 Å². The summed E-state index contributed by atoms with van der Waals surface area (Å²) in [6.45, 7) is 0. The van der Waals surface area contributed by atoms with Crippen LogP contribution in [0, 0.1) is 3.57 Å². The lowest BCUT2D eigenvalue weighted by molar-refractivity contribution is 0.620. The highest BCUT2D eigenvalue weighted by molar-refractivity contribution is 14.1. The molecule has 5 heteroatoms. The van der Waals surface area contributed by atoms with Crippen molar-refractivity contribution >= 4 is 67.6 Å². The van der Waals surface area contributed by atoms with Crippen LogP contribution in [0.15, 0.2) is 86.7 Å². The molecule has 0 unspecified atom stereocenters. The summed E-state index contributed by atoms with van der Waals surface area (Å²) in [5.41, 5.74) is 4.48. The third-order valence-corrected chi connectivity index (χ3v) is 5.05. The molecule has 0 spiro atoms. The van der Waals surface area contributed by atoms with Crippen LogP contribution in [-0.4, -0.2) is 11.2 Å². The Kier molecular flexibility index (Phi) is 5.50. The molecule has 0 bridgehead atoms. The normalized spacial score (nSPS) is 11.8. The first-order valence-electron chi connectivity index (χ1n) is 8.30. The summed E-state index contributed by atoms with van der Waals surface area (Å²) in [4.78, 5) is 9.09. The first kappa shape index (κ1) is 18.1. The molecule has 4 rings (SSSR count). The van der Waals surface area contributed by atoms with E-state index >= 15 is 0 Å². The van der Waals surface area contributed by atoms with Crippen LogP contribution in [0.25, 0.3) is 28.6 Å². The summed E-state index contributed by atoms with van der Waals surface area (Å²) < 4.78 is 8.08. The summed E-state index contributed by atoms with van der Waals surface area (Å²) in [6, 6.07) is 22.0. The predicted octanol–water partition coefficient (Wildman–Crippen LogP) is 7.28. The smallest absolute Gasteiger partial charge is 0.227 e. The number of halogens is 2. The van der Waals surface area contributed by atoms with Gasteiger partial charge in [-0.3, -0.25) is 4.99 Å². The first-order valence-corrected chi connectivity index (χ1v) is 10.2. The molecule has 1 heterocycles. The molecule has 27 heavy (non-hydrogen) atoms. The number of aromatic nitrogens is 1. The number of oxazole rings is 1. The molecule has 0 aliphatic heterocycles. The fraction of sp³-hybridized carbons (Fsp3) is 0. The largest absolute Gasteiger partial charge is 0.436 e. The standard InChI is InChI=1S/C22H14BrIN2O/c23-17-7-1-4-15(12-17)5-3-11-25-19-9-10-21-20(14-19)26-22(27-21)16-6-2-8-18(24)13-16/h1-14H. The van der Waals surface area contributed by atoms with E-state index in [9.17, 15) is 0 Å². The van der Waals surface area contributed by atoms with Gasteiger partial charge in [-0.05, 0) is 82.8 Å². The number of allylic oxidation sites excluding steroid dienone is 1. The molecular formula is C22H14BrIN2O. The van der Waals surface area contributed by atoms with E-state index in [2.05, 4.69) is 60.6 Å². The SMILES string of the molecule is Brc1cccc(C=CC=Nc2ccc3oc(-c4cccc(I)c4)nc3c2)c1. The van der Waals surface area contributed by atoms with Gasteiger partial charge in [0.1, 0.15) is 5.52 Å². The maximum atomic E-state index is 5.87. The van der Waals surface area contributed by atoms with E-state index < -0.39 is 0 Å². The lowest BCUT2D eigenvalue weighted by atomic mass is 10.2. The Morgan fingerprint density at radius 3 is 2.74 bits per heavy atom. The molecule has 0 fully saturated rings. The summed E-state index contributed by atoms with van der Waals surface area (Å²) >= 11 is 5.75. The van der Waals surface area contributed by atoms with E-state index in [1.54, 1.807) is 6.21 Å². The predicted molar refractivity (Wildman–Crippen MR) is 123 cm³/mol. The number of benzene rings is 3. The van der Waals surface area contributed by atoms with Gasteiger partial charge in [-0.25, -0.2) is 4.98 Å². The second-order valence-corrected chi connectivity index (χ2v) is 8.03. The van der Waals surface area contributed by atoms with Crippen molar-refractivity contribution in [2.75, 3.05) is 0 Å². The van der Waals surface area contributed by atoms with Crippen molar-refractivity contribution in [1.82, 2.24) is 4.98 Å². The zero-order valence-electron chi connectivity index (χ0n) is 14.1. The highest BCUT2D eigenvalue weighted by Crippen LogP contribution is 2.27. The molecule has 0 saturated carbocycles. The average molecular weight is 529 g/mol. The van der Waals surface area contributed by atoms with Crippen LogP contribution < -0.4 is 0 Å². The Hall–Kier alpha value is -2.25. The van der Waals surface area contributed by atoms with Crippen molar-refractivity contribution in [3.05, 3.63) is 86.4 Å². The van der Waals surface area contributed by atoms with Crippen LogP contribution in [0.5, 0.6) is 0 Å². The van der Waals surface area contributed by atoms with Gasteiger partial charge in [0.05, 0.1) is 5.69 Å². The summed E-state index contributed by atoms with van der Waals surface area (Å²) in [5, 5.41) is 0. The van der Waals surface area contributed by atoms with Crippen LogP contribution in [0.2, 0.25) is 0 Å². The Bertz CT molecular complexity index is 1160. The quantitative estimate of drug-likeness (QED) is 0.206. The van der Waals surface area contributed by atoms with Crippen molar-refractivity contribution in [3.8, 4) is 11.5 Å². The number of nitrogens with zero attached hydrogens (tertiary/aromatic N) is 2. The van der Waals surface area contributed by atoms with Gasteiger partial charge >= 0.3 is 0 Å². The number of rotatable bonds is 4. The van der Waals surface area contributed by atoms with E-state index in [-0.39, 0.29) is 0 Å². The minimum atomic E-state index is 0.624. The summed E-state index contributed by atoms with van der Waals surface area (Å²) in [7, 11) is 0. The first-order chi connectivity index (χ1) is 13.2. The molecular weight excluding hydrogens is 515 g/mol. The lowest BCUT2D eigenvalue weighted by Gasteiger charge is -1.94. The highest BCUT2D eigenvalue weighted by Gasteiger charge is 2.08. The van der Waals surface area contributed by atoms with E-state index in [1.807, 2.05) is 66.7 Å². The highest BCUT2D eigenvalue weighted by atomic mass is 127. The monoisotopic (exact) mass is 528 g/mol. The maximum Gasteiger partial charge on any atom is 0.227 e. The average Bonchev–Trinajstić information content (AvgIpc) is 3.09. The van der Waals surface area contributed by atoms with E-state index in [0.29, 0.717) is 5.89 Å². The molecule has 0 saturated heterocycles. The van der Waals surface area contributed by atoms with Crippen molar-refractivity contribution in [1.29, 1.82) is 0 Å². The molecule has 0 amide bonds. The fourth-order valence-corrected chi connectivity index (χ4v) is 3.59. The second-order valence-electron chi connectivity index (χ2n) is 5.87. The molecule has 0 aliphatic carbocycles. The topological polar surface area (TPSA) is 38.4 Å². The molecule has 3 aromatic carbocycles. The van der Waals surface area contributed by atoms with Crippen molar-refractivity contribution in [3.63, 3.8) is 0 Å². The molecule has 132 valence electrons. The van der Waals surface area contributed by atoms with E-state index in [0.717, 1.165) is 36.0 Å². The summed E-state index contributed by atoms with van der Waals surface area (Å²) in [6.07, 6.45) is 5.72. The zero-order chi connectivity index (χ0) is 18.6. The lowest BCUT2D eigenvalue weighted by Crippen LogP contribution is -1.78. The third-order valence-electron chi connectivity index (χ3n) is 3.89. The number of aliphatic imine (C=N–C) groups is 1. The summed E-state index contributed by atoms with van der Waals surface area (Å²) in [5.74, 6) is 0.624. The van der Waals surface area contributed by atoms with Crippen molar-refractivity contribution in [2.24, 2.45) is 4.99 Å². The number of hydrogen-bond donors (Lipinski definition) is 0. The molecule has 0 atom stereocenters. The third kappa shape index (κ3) is 4.54. The van der Waals surface area contributed by atoms with Gasteiger partial charge < -0.3 is 4.42 Å². The molecule has 4 aromatic rings. The Morgan fingerprint density at radius 2 is 1.89 bits per heavy atom. The van der Waals surface area contributed by atoms with Gasteiger partial charge in [0, 0.05) is 19.8 Å². The second kappa shape index (κ2) is 8.19. The number of fused-ring (bicyclic) bond motifs is 1. The van der Waals surface area contributed by atoms with Crippen molar-refractivity contribution < 1.29 is 4.42 Å². The minimum Gasteiger partial charge on any atom is -0.436 e. The van der Waals surface area contributed by atoms with Gasteiger partial charge in [-0.1, -0.05) is 40.2 Å². The van der Waals surface area contributed by atoms with Gasteiger partial charge in [-0.15, -0.1) is 0 Å². The molecule has 0 N–H and O–H groups in total. The van der Waals surface area contributed by atoms with Crippen LogP contribution in [0.3, 0.4) is 0 Å². The van der Waals surface area contributed by atoms with Crippen LogP contribution in [0.1, 0.15) is 5.56 Å². The Balaban J connectivity index is 1.54. The molecule has 0 aliphatic rings. The van der Waals surface area contributed by atoms with E-state index in [4.69, 9.17) is 4.42 Å². The zero-order valence-corrected chi connectivity index (χ0v) is 17.9. The van der Waals surface area contributed by atoms with Gasteiger partial charge in [-0.2, -0.15) is 0 Å². The minimum absolute atomic E-state index is 0.624. The van der Waals surface area contributed by atoms with Crippen LogP contribution >= 0.6 is 38.5 Å². The Labute approximate surface area is 179 Å². The molecule has 3 nitrogen and oxygen atoms in total. The van der Waals surface area contributed by atoms with Gasteiger partial charge in [0.15, 0.2) is 5.58 Å². The number of hydrogen-bond acceptors (Lipinski definition) is 3. The maximum absolute atomic E-state index is 5.87.